The van der Waals surface area contributed by atoms with Crippen LogP contribution in [0.1, 0.15) is 5.56 Å². The van der Waals surface area contributed by atoms with E-state index in [-0.39, 0.29) is 17.0 Å². The first-order valence-electron chi connectivity index (χ1n) is 7.88. The van der Waals surface area contributed by atoms with E-state index in [9.17, 15) is 4.79 Å². The first-order chi connectivity index (χ1) is 12.6. The van der Waals surface area contributed by atoms with Crippen molar-refractivity contribution in [2.75, 3.05) is 0 Å². The number of benzene rings is 2. The van der Waals surface area contributed by atoms with Crippen molar-refractivity contribution in [3.05, 3.63) is 81.6 Å². The van der Waals surface area contributed by atoms with Crippen molar-refractivity contribution < 1.29 is 4.52 Å². The van der Waals surface area contributed by atoms with Gasteiger partial charge in [-0.25, -0.2) is 4.68 Å². The highest BCUT2D eigenvalue weighted by Crippen LogP contribution is 2.22. The van der Waals surface area contributed by atoms with Crippen molar-refractivity contribution >= 4 is 11.6 Å². The van der Waals surface area contributed by atoms with Crippen LogP contribution in [-0.4, -0.2) is 19.9 Å². The lowest BCUT2D eigenvalue weighted by molar-refractivity contribution is 0.429. The zero-order chi connectivity index (χ0) is 18.1. The van der Waals surface area contributed by atoms with Crippen LogP contribution >= 0.6 is 11.6 Å². The maximum absolute atomic E-state index is 12.2. The molecule has 0 aliphatic heterocycles. The fraction of sp³-hybridized carbons (Fsp3) is 0.0526. The molecule has 7 heteroatoms. The van der Waals surface area contributed by atoms with Crippen LogP contribution in [0.2, 0.25) is 5.02 Å². The van der Waals surface area contributed by atoms with Crippen molar-refractivity contribution in [1.82, 2.24) is 19.9 Å². The summed E-state index contributed by atoms with van der Waals surface area (Å²) in [6.45, 7) is 1.96. The van der Waals surface area contributed by atoms with Crippen LogP contribution in [0.5, 0.6) is 0 Å². The monoisotopic (exact) mass is 364 g/mol. The number of hydrogen-bond acceptors (Lipinski definition) is 5. The third-order valence-corrected chi connectivity index (χ3v) is 4.17. The van der Waals surface area contributed by atoms with Gasteiger partial charge in [0.05, 0.1) is 5.69 Å². The van der Waals surface area contributed by atoms with E-state index in [0.29, 0.717) is 10.8 Å². The lowest BCUT2D eigenvalue weighted by Gasteiger charge is -2.05. The maximum Gasteiger partial charge on any atom is 0.282 e. The summed E-state index contributed by atoms with van der Waals surface area (Å²) in [7, 11) is 0. The molecule has 0 unspecified atom stereocenters. The van der Waals surface area contributed by atoms with Gasteiger partial charge < -0.3 is 4.52 Å². The molecule has 2 aromatic heterocycles. The predicted octanol–water partition coefficient (Wildman–Crippen LogP) is 3.91. The standard InChI is InChI=1S/C19H13ClN4O2/c1-12-4-2-3-5-15(12)18-21-19(26-23-18)17-16(25)10-11-24(22-17)14-8-6-13(20)7-9-14/h2-11H,1H3. The fourth-order valence-electron chi connectivity index (χ4n) is 2.55. The second-order valence-electron chi connectivity index (χ2n) is 5.69. The van der Waals surface area contributed by atoms with Gasteiger partial charge in [0.2, 0.25) is 11.3 Å². The van der Waals surface area contributed by atoms with Crippen LogP contribution in [0.15, 0.2) is 70.1 Å². The number of aryl methyl sites for hydroxylation is 1. The summed E-state index contributed by atoms with van der Waals surface area (Å²) in [4.78, 5) is 16.6. The molecular weight excluding hydrogens is 352 g/mol. The smallest absolute Gasteiger partial charge is 0.282 e. The zero-order valence-electron chi connectivity index (χ0n) is 13.8. The lowest BCUT2D eigenvalue weighted by atomic mass is 10.1. The van der Waals surface area contributed by atoms with E-state index < -0.39 is 0 Å². The first-order valence-corrected chi connectivity index (χ1v) is 8.25. The molecule has 0 bridgehead atoms. The van der Waals surface area contributed by atoms with E-state index >= 15 is 0 Å². The van der Waals surface area contributed by atoms with E-state index in [1.165, 1.54) is 6.07 Å². The number of nitrogens with zero attached hydrogens (tertiary/aromatic N) is 4. The summed E-state index contributed by atoms with van der Waals surface area (Å²) in [5.74, 6) is 0.498. The maximum atomic E-state index is 12.2. The molecule has 0 amide bonds. The van der Waals surface area contributed by atoms with E-state index in [1.807, 2.05) is 31.2 Å². The van der Waals surface area contributed by atoms with Gasteiger partial charge in [-0.1, -0.05) is 41.0 Å². The van der Waals surface area contributed by atoms with Crippen LogP contribution in [0.25, 0.3) is 28.7 Å². The van der Waals surface area contributed by atoms with Crippen LogP contribution < -0.4 is 5.43 Å². The van der Waals surface area contributed by atoms with Gasteiger partial charge in [-0.3, -0.25) is 4.79 Å². The summed E-state index contributed by atoms with van der Waals surface area (Å²) >= 11 is 5.91. The Balaban J connectivity index is 1.77. The van der Waals surface area contributed by atoms with Gasteiger partial charge in [-0.15, -0.1) is 0 Å². The van der Waals surface area contributed by atoms with Gasteiger partial charge in [0, 0.05) is 22.8 Å². The van der Waals surface area contributed by atoms with E-state index in [1.54, 1.807) is 35.1 Å². The largest absolute Gasteiger partial charge is 0.332 e. The normalized spacial score (nSPS) is 10.8. The minimum Gasteiger partial charge on any atom is -0.332 e. The van der Waals surface area contributed by atoms with Crippen LogP contribution in [0.4, 0.5) is 0 Å². The Morgan fingerprint density at radius 3 is 2.58 bits per heavy atom. The summed E-state index contributed by atoms with van der Waals surface area (Å²) in [6.07, 6.45) is 1.58. The minimum absolute atomic E-state index is 0.0802. The topological polar surface area (TPSA) is 73.8 Å². The van der Waals surface area contributed by atoms with Gasteiger partial charge in [0.15, 0.2) is 5.69 Å². The Hall–Kier alpha value is -3.25. The van der Waals surface area contributed by atoms with Gasteiger partial charge in [0.25, 0.3) is 5.89 Å². The Kier molecular flexibility index (Phi) is 4.10. The molecule has 0 radical (unpaired) electrons. The van der Waals surface area contributed by atoms with Crippen molar-refractivity contribution in [3.63, 3.8) is 0 Å². The number of aromatic nitrogens is 4. The molecule has 0 N–H and O–H groups in total. The highest BCUT2D eigenvalue weighted by molar-refractivity contribution is 6.30. The van der Waals surface area contributed by atoms with Crippen LogP contribution in [0.3, 0.4) is 0 Å². The summed E-state index contributed by atoms with van der Waals surface area (Å²) in [6, 6.07) is 16.2. The zero-order valence-corrected chi connectivity index (χ0v) is 14.5. The number of rotatable bonds is 3. The van der Waals surface area contributed by atoms with Gasteiger partial charge in [0.1, 0.15) is 0 Å². The highest BCUT2D eigenvalue weighted by Gasteiger charge is 2.16. The SMILES string of the molecule is Cc1ccccc1-c1noc(-c2nn(-c3ccc(Cl)cc3)ccc2=O)n1. The van der Waals surface area contributed by atoms with Gasteiger partial charge in [-0.2, -0.15) is 10.1 Å². The van der Waals surface area contributed by atoms with Crippen molar-refractivity contribution in [2.24, 2.45) is 0 Å². The first kappa shape index (κ1) is 16.2. The molecule has 2 heterocycles. The highest BCUT2D eigenvalue weighted by atomic mass is 35.5. The molecule has 0 aliphatic rings. The van der Waals surface area contributed by atoms with E-state index in [0.717, 1.165) is 16.8 Å². The molecular formula is C19H13ClN4O2. The Morgan fingerprint density at radius 2 is 1.81 bits per heavy atom. The molecule has 0 atom stereocenters. The molecule has 0 spiro atoms. The number of halogens is 1. The molecule has 0 saturated carbocycles. The lowest BCUT2D eigenvalue weighted by Crippen LogP contribution is -2.12. The summed E-state index contributed by atoms with van der Waals surface area (Å²) < 4.78 is 6.85. The van der Waals surface area contributed by atoms with Crippen molar-refractivity contribution in [1.29, 1.82) is 0 Å². The molecule has 4 rings (SSSR count). The number of hydrogen-bond donors (Lipinski definition) is 0. The third kappa shape index (κ3) is 3.02. The fourth-order valence-corrected chi connectivity index (χ4v) is 2.67. The summed E-state index contributed by atoms with van der Waals surface area (Å²) in [5, 5.41) is 8.94. The Bertz CT molecular complexity index is 1130. The molecule has 128 valence electrons. The van der Waals surface area contributed by atoms with Gasteiger partial charge >= 0.3 is 0 Å². The minimum atomic E-state index is -0.296. The van der Waals surface area contributed by atoms with Crippen LogP contribution in [0, 0.1) is 6.92 Å². The molecule has 0 fully saturated rings. The molecule has 0 saturated heterocycles. The van der Waals surface area contributed by atoms with E-state index in [2.05, 4.69) is 15.2 Å². The van der Waals surface area contributed by atoms with Crippen molar-refractivity contribution in [3.8, 4) is 28.7 Å². The molecule has 0 aliphatic carbocycles. The van der Waals surface area contributed by atoms with E-state index in [4.69, 9.17) is 16.1 Å². The van der Waals surface area contributed by atoms with Crippen molar-refractivity contribution in [2.45, 2.75) is 6.92 Å². The molecule has 26 heavy (non-hydrogen) atoms. The Labute approximate surface area is 153 Å². The quantitative estimate of drug-likeness (QED) is 0.551. The Morgan fingerprint density at radius 1 is 1.04 bits per heavy atom. The second-order valence-corrected chi connectivity index (χ2v) is 6.12. The second kappa shape index (κ2) is 6.57. The molecule has 2 aromatic carbocycles. The third-order valence-electron chi connectivity index (χ3n) is 3.91. The molecule has 4 aromatic rings. The molecule has 6 nitrogen and oxygen atoms in total. The summed E-state index contributed by atoms with van der Waals surface area (Å²) in [5.41, 5.74) is 2.41. The predicted molar refractivity (Wildman–Crippen MR) is 98.3 cm³/mol. The van der Waals surface area contributed by atoms with Gasteiger partial charge in [-0.05, 0) is 36.8 Å². The average molecular weight is 365 g/mol. The average Bonchev–Trinajstić information content (AvgIpc) is 3.13. The van der Waals surface area contributed by atoms with Crippen LogP contribution in [-0.2, 0) is 0 Å².